The fraction of sp³-hybridized carbons (Fsp3) is 0.136. The minimum atomic E-state index is -0.377. The molecule has 0 fully saturated rings. The molecule has 0 saturated carbocycles. The molecular formula is C22H17F3N2. The molecule has 0 spiro atoms. The van der Waals surface area contributed by atoms with Gasteiger partial charge in [-0.2, -0.15) is 0 Å². The van der Waals surface area contributed by atoms with Crippen molar-refractivity contribution in [2.75, 3.05) is 0 Å². The van der Waals surface area contributed by atoms with Crippen LogP contribution >= 0.6 is 0 Å². The summed E-state index contributed by atoms with van der Waals surface area (Å²) < 4.78 is 40.6. The van der Waals surface area contributed by atoms with E-state index in [1.165, 1.54) is 36.4 Å². The van der Waals surface area contributed by atoms with Gasteiger partial charge in [-0.3, -0.25) is 4.99 Å². The molecule has 2 nitrogen and oxygen atoms in total. The van der Waals surface area contributed by atoms with E-state index in [0.717, 1.165) is 11.1 Å². The van der Waals surface area contributed by atoms with Crippen molar-refractivity contribution in [2.45, 2.75) is 18.5 Å². The van der Waals surface area contributed by atoms with Gasteiger partial charge in [-0.25, -0.2) is 13.2 Å². The zero-order valence-electron chi connectivity index (χ0n) is 14.4. The summed E-state index contributed by atoms with van der Waals surface area (Å²) in [6.07, 6.45) is 0.484. The number of hydrogen-bond acceptors (Lipinski definition) is 2. The quantitative estimate of drug-likeness (QED) is 0.680. The largest absolute Gasteiger partial charge is 0.364 e. The molecule has 2 atom stereocenters. The second kappa shape index (κ2) is 7.27. The lowest BCUT2D eigenvalue weighted by Crippen LogP contribution is -2.25. The second-order valence-electron chi connectivity index (χ2n) is 6.56. The van der Waals surface area contributed by atoms with Crippen LogP contribution in [0, 0.1) is 17.5 Å². The van der Waals surface area contributed by atoms with E-state index < -0.39 is 0 Å². The molecular weight excluding hydrogens is 349 g/mol. The zero-order valence-corrected chi connectivity index (χ0v) is 14.4. The molecule has 136 valence electrons. The Hall–Kier alpha value is -3.08. The number of amidine groups is 1. The fourth-order valence-corrected chi connectivity index (χ4v) is 3.35. The number of benzene rings is 3. The van der Waals surface area contributed by atoms with Crippen molar-refractivity contribution in [2.24, 2.45) is 4.99 Å². The van der Waals surface area contributed by atoms with Gasteiger partial charge < -0.3 is 5.32 Å². The highest BCUT2D eigenvalue weighted by Crippen LogP contribution is 2.36. The lowest BCUT2D eigenvalue weighted by atomic mass is 9.95. The third-order valence-corrected chi connectivity index (χ3v) is 4.62. The SMILES string of the molecule is Fc1ccc(CC2=N[C@@H](c3cccc(F)c3)[C@@H](c3cccc(F)c3)N2)cc1. The van der Waals surface area contributed by atoms with Crippen LogP contribution in [0.4, 0.5) is 13.2 Å². The number of hydrogen-bond donors (Lipinski definition) is 1. The average molecular weight is 366 g/mol. The molecule has 3 aromatic rings. The normalized spacial score (nSPS) is 18.9. The van der Waals surface area contributed by atoms with Crippen molar-refractivity contribution < 1.29 is 13.2 Å². The molecule has 1 aliphatic heterocycles. The fourth-order valence-electron chi connectivity index (χ4n) is 3.35. The van der Waals surface area contributed by atoms with Gasteiger partial charge in [0.1, 0.15) is 29.3 Å². The van der Waals surface area contributed by atoms with E-state index in [1.54, 1.807) is 24.3 Å². The first-order valence-electron chi connectivity index (χ1n) is 8.67. The van der Waals surface area contributed by atoms with Crippen LogP contribution in [0.25, 0.3) is 0 Å². The van der Waals surface area contributed by atoms with E-state index >= 15 is 0 Å². The first kappa shape index (κ1) is 17.3. The Labute approximate surface area is 155 Å². The molecule has 0 saturated heterocycles. The lowest BCUT2D eigenvalue weighted by Gasteiger charge is -2.20. The number of nitrogens with one attached hydrogen (secondary N) is 1. The summed E-state index contributed by atoms with van der Waals surface area (Å²) in [6.45, 7) is 0. The average Bonchev–Trinajstić information content (AvgIpc) is 3.08. The number of nitrogens with zero attached hydrogens (tertiary/aromatic N) is 1. The van der Waals surface area contributed by atoms with Crippen molar-refractivity contribution >= 4 is 5.84 Å². The molecule has 1 heterocycles. The third-order valence-electron chi connectivity index (χ3n) is 4.62. The molecule has 0 aromatic heterocycles. The van der Waals surface area contributed by atoms with Gasteiger partial charge in [0.05, 0.1) is 6.04 Å². The Morgan fingerprint density at radius 3 is 2.04 bits per heavy atom. The molecule has 5 heteroatoms. The number of aliphatic imine (C=N–C) groups is 1. The number of halogens is 3. The third kappa shape index (κ3) is 3.87. The maximum Gasteiger partial charge on any atom is 0.123 e. The van der Waals surface area contributed by atoms with Gasteiger partial charge in [-0.15, -0.1) is 0 Å². The van der Waals surface area contributed by atoms with Crippen LogP contribution in [-0.2, 0) is 6.42 Å². The second-order valence-corrected chi connectivity index (χ2v) is 6.56. The van der Waals surface area contributed by atoms with E-state index in [-0.39, 0.29) is 29.5 Å². The lowest BCUT2D eigenvalue weighted by molar-refractivity contribution is 0.555. The molecule has 27 heavy (non-hydrogen) atoms. The minimum Gasteiger partial charge on any atom is -0.364 e. The van der Waals surface area contributed by atoms with E-state index in [9.17, 15) is 13.2 Å². The van der Waals surface area contributed by atoms with Crippen LogP contribution in [0.5, 0.6) is 0 Å². The summed E-state index contributed by atoms with van der Waals surface area (Å²) >= 11 is 0. The van der Waals surface area contributed by atoms with Crippen molar-refractivity contribution in [3.63, 3.8) is 0 Å². The van der Waals surface area contributed by atoms with Crippen molar-refractivity contribution in [1.82, 2.24) is 5.32 Å². The minimum absolute atomic E-state index is 0.296. The van der Waals surface area contributed by atoms with Gasteiger partial charge >= 0.3 is 0 Å². The molecule has 1 aliphatic rings. The van der Waals surface area contributed by atoms with Crippen molar-refractivity contribution in [1.29, 1.82) is 0 Å². The highest BCUT2D eigenvalue weighted by atomic mass is 19.1. The Morgan fingerprint density at radius 1 is 0.741 bits per heavy atom. The van der Waals surface area contributed by atoms with Crippen LogP contribution in [-0.4, -0.2) is 5.84 Å². The van der Waals surface area contributed by atoms with Crippen LogP contribution < -0.4 is 5.32 Å². The summed E-state index contributed by atoms with van der Waals surface area (Å²) in [5, 5.41) is 3.33. The Bertz CT molecular complexity index is 983. The standard InChI is InChI=1S/C22H17F3N2/c23-17-9-7-14(8-10-17)11-20-26-21(15-3-1-5-18(24)12-15)22(27-20)16-4-2-6-19(25)13-16/h1-10,12-13,21-22H,11H2,(H,26,27)/t21-,22+. The predicted molar refractivity (Wildman–Crippen MR) is 99.0 cm³/mol. The summed E-state index contributed by atoms with van der Waals surface area (Å²) in [4.78, 5) is 4.73. The molecule has 0 amide bonds. The smallest absolute Gasteiger partial charge is 0.123 e. The first-order chi connectivity index (χ1) is 13.1. The Morgan fingerprint density at radius 2 is 1.37 bits per heavy atom. The summed E-state index contributed by atoms with van der Waals surface area (Å²) in [7, 11) is 0. The molecule has 4 rings (SSSR count). The molecule has 0 aliphatic carbocycles. The highest BCUT2D eigenvalue weighted by Gasteiger charge is 2.31. The maximum absolute atomic E-state index is 13.7. The van der Waals surface area contributed by atoms with Gasteiger partial charge in [0.25, 0.3) is 0 Å². The van der Waals surface area contributed by atoms with Gasteiger partial charge in [0.15, 0.2) is 0 Å². The highest BCUT2D eigenvalue weighted by molar-refractivity contribution is 5.87. The van der Waals surface area contributed by atoms with Crippen LogP contribution in [0.1, 0.15) is 28.8 Å². The predicted octanol–water partition coefficient (Wildman–Crippen LogP) is 5.13. The van der Waals surface area contributed by atoms with E-state index in [2.05, 4.69) is 5.32 Å². The van der Waals surface area contributed by atoms with Gasteiger partial charge in [0, 0.05) is 6.42 Å². The van der Waals surface area contributed by atoms with Crippen LogP contribution in [0.3, 0.4) is 0 Å². The molecule has 3 aromatic carbocycles. The van der Waals surface area contributed by atoms with Crippen LogP contribution in [0.2, 0.25) is 0 Å². The van der Waals surface area contributed by atoms with E-state index in [0.29, 0.717) is 17.8 Å². The van der Waals surface area contributed by atoms with E-state index in [4.69, 9.17) is 4.99 Å². The maximum atomic E-state index is 13.7. The summed E-state index contributed by atoms with van der Waals surface area (Å²) in [5.41, 5.74) is 2.36. The number of rotatable bonds is 4. The Balaban J connectivity index is 1.67. The molecule has 0 radical (unpaired) electrons. The summed E-state index contributed by atoms with van der Waals surface area (Å²) in [5.74, 6) is -0.271. The van der Waals surface area contributed by atoms with Gasteiger partial charge in [-0.05, 0) is 53.1 Å². The monoisotopic (exact) mass is 366 g/mol. The topological polar surface area (TPSA) is 24.4 Å². The molecule has 0 unspecified atom stereocenters. The first-order valence-corrected chi connectivity index (χ1v) is 8.67. The van der Waals surface area contributed by atoms with E-state index in [1.807, 2.05) is 12.1 Å². The zero-order chi connectivity index (χ0) is 18.8. The molecule has 1 N–H and O–H groups in total. The van der Waals surface area contributed by atoms with Crippen molar-refractivity contribution in [3.05, 3.63) is 107 Å². The van der Waals surface area contributed by atoms with Crippen LogP contribution in [0.15, 0.2) is 77.8 Å². The summed E-state index contributed by atoms with van der Waals surface area (Å²) in [6, 6.07) is 18.1. The molecule has 0 bridgehead atoms. The Kier molecular flexibility index (Phi) is 4.67. The van der Waals surface area contributed by atoms with Gasteiger partial charge in [-0.1, -0.05) is 36.4 Å². The van der Waals surface area contributed by atoms with Crippen molar-refractivity contribution in [3.8, 4) is 0 Å². The van der Waals surface area contributed by atoms with Gasteiger partial charge in [0.2, 0.25) is 0 Å².